The topological polar surface area (TPSA) is 35.2 Å². The molecule has 0 radical (unpaired) electrons. The standard InChI is InChI=1S/C15H18BrNOS/c1-3-7-18-13-5-4-11(9-12(13)16)14(17)15-10(2)6-8-19-15/h4-6,8-9,14H,3,7,17H2,1-2H3. The quantitative estimate of drug-likeness (QED) is 0.859. The SMILES string of the molecule is CCCOc1ccc(C(N)c2sccc2C)cc1Br. The molecule has 1 aromatic carbocycles. The highest BCUT2D eigenvalue weighted by molar-refractivity contribution is 9.10. The van der Waals surface area contributed by atoms with Crippen LogP contribution >= 0.6 is 27.3 Å². The Morgan fingerprint density at radius 1 is 1.37 bits per heavy atom. The van der Waals surface area contributed by atoms with E-state index >= 15 is 0 Å². The fourth-order valence-electron chi connectivity index (χ4n) is 1.89. The summed E-state index contributed by atoms with van der Waals surface area (Å²) in [5.41, 5.74) is 8.68. The van der Waals surface area contributed by atoms with Gasteiger partial charge < -0.3 is 10.5 Å². The second kappa shape index (κ2) is 6.55. The van der Waals surface area contributed by atoms with Gasteiger partial charge in [0.05, 0.1) is 17.1 Å². The number of aryl methyl sites for hydroxylation is 1. The van der Waals surface area contributed by atoms with Crippen LogP contribution in [0.15, 0.2) is 34.1 Å². The van der Waals surface area contributed by atoms with Crippen LogP contribution in [0.3, 0.4) is 0 Å². The minimum atomic E-state index is -0.0727. The van der Waals surface area contributed by atoms with Crippen LogP contribution in [0.5, 0.6) is 5.75 Å². The molecule has 19 heavy (non-hydrogen) atoms. The van der Waals surface area contributed by atoms with Gasteiger partial charge in [-0.2, -0.15) is 0 Å². The maximum absolute atomic E-state index is 6.33. The van der Waals surface area contributed by atoms with Gasteiger partial charge in [-0.15, -0.1) is 11.3 Å². The monoisotopic (exact) mass is 339 g/mol. The van der Waals surface area contributed by atoms with Crippen LogP contribution in [-0.4, -0.2) is 6.61 Å². The van der Waals surface area contributed by atoms with Crippen molar-refractivity contribution >= 4 is 27.3 Å². The smallest absolute Gasteiger partial charge is 0.133 e. The summed E-state index contributed by atoms with van der Waals surface area (Å²) in [6, 6.07) is 8.11. The van der Waals surface area contributed by atoms with Crippen molar-refractivity contribution in [2.24, 2.45) is 5.73 Å². The lowest BCUT2D eigenvalue weighted by atomic mass is 10.0. The van der Waals surface area contributed by atoms with Gasteiger partial charge in [0.25, 0.3) is 0 Å². The van der Waals surface area contributed by atoms with E-state index in [0.717, 1.165) is 28.8 Å². The van der Waals surface area contributed by atoms with E-state index in [1.54, 1.807) is 11.3 Å². The minimum Gasteiger partial charge on any atom is -0.492 e. The number of benzene rings is 1. The Morgan fingerprint density at radius 2 is 2.16 bits per heavy atom. The number of nitrogens with two attached hydrogens (primary N) is 1. The van der Waals surface area contributed by atoms with Gasteiger partial charge in [-0.3, -0.25) is 0 Å². The zero-order valence-electron chi connectivity index (χ0n) is 11.2. The minimum absolute atomic E-state index is 0.0727. The summed E-state index contributed by atoms with van der Waals surface area (Å²) in [4.78, 5) is 1.22. The Morgan fingerprint density at radius 3 is 2.74 bits per heavy atom. The van der Waals surface area contributed by atoms with E-state index in [4.69, 9.17) is 10.5 Å². The highest BCUT2D eigenvalue weighted by atomic mass is 79.9. The molecule has 0 saturated carbocycles. The van der Waals surface area contributed by atoms with Crippen molar-refractivity contribution in [2.45, 2.75) is 26.3 Å². The van der Waals surface area contributed by atoms with Crippen LogP contribution in [0.25, 0.3) is 0 Å². The van der Waals surface area contributed by atoms with Crippen molar-refractivity contribution < 1.29 is 4.74 Å². The summed E-state index contributed by atoms with van der Waals surface area (Å²) in [6.07, 6.45) is 1.00. The molecule has 2 rings (SSSR count). The van der Waals surface area contributed by atoms with E-state index in [1.807, 2.05) is 12.1 Å². The van der Waals surface area contributed by atoms with E-state index in [1.165, 1.54) is 10.4 Å². The zero-order chi connectivity index (χ0) is 13.8. The predicted molar refractivity (Wildman–Crippen MR) is 85.0 cm³/mol. The molecule has 0 aliphatic rings. The lowest BCUT2D eigenvalue weighted by Crippen LogP contribution is -2.11. The average molecular weight is 340 g/mol. The molecule has 0 fully saturated rings. The number of ether oxygens (including phenoxy) is 1. The summed E-state index contributed by atoms with van der Waals surface area (Å²) in [5.74, 6) is 0.876. The Balaban J connectivity index is 2.22. The number of halogens is 1. The van der Waals surface area contributed by atoms with Gasteiger partial charge in [0.2, 0.25) is 0 Å². The average Bonchev–Trinajstić information content (AvgIpc) is 2.82. The van der Waals surface area contributed by atoms with Gasteiger partial charge in [0.15, 0.2) is 0 Å². The molecule has 4 heteroatoms. The van der Waals surface area contributed by atoms with E-state index in [0.29, 0.717) is 0 Å². The van der Waals surface area contributed by atoms with Gasteiger partial charge in [0, 0.05) is 4.88 Å². The summed E-state index contributed by atoms with van der Waals surface area (Å²) in [6.45, 7) is 4.92. The molecule has 0 amide bonds. The molecular formula is C15H18BrNOS. The first-order valence-electron chi connectivity index (χ1n) is 6.35. The van der Waals surface area contributed by atoms with Crippen LogP contribution < -0.4 is 10.5 Å². The van der Waals surface area contributed by atoms with Crippen LogP contribution in [0.2, 0.25) is 0 Å². The molecule has 102 valence electrons. The van der Waals surface area contributed by atoms with Crippen LogP contribution in [0.4, 0.5) is 0 Å². The predicted octanol–water partition coefficient (Wildman–Crippen LogP) is 4.66. The molecule has 0 bridgehead atoms. The summed E-state index contributed by atoms with van der Waals surface area (Å²) >= 11 is 5.26. The fourth-order valence-corrected chi connectivity index (χ4v) is 3.36. The van der Waals surface area contributed by atoms with Crippen molar-refractivity contribution in [3.63, 3.8) is 0 Å². The van der Waals surface area contributed by atoms with Crippen molar-refractivity contribution in [3.05, 3.63) is 50.1 Å². The van der Waals surface area contributed by atoms with Crippen LogP contribution in [-0.2, 0) is 0 Å². The van der Waals surface area contributed by atoms with Crippen molar-refractivity contribution in [2.75, 3.05) is 6.61 Å². The van der Waals surface area contributed by atoms with E-state index in [2.05, 4.69) is 47.3 Å². The number of thiophene rings is 1. The highest BCUT2D eigenvalue weighted by Gasteiger charge is 2.14. The third kappa shape index (κ3) is 3.38. The van der Waals surface area contributed by atoms with Crippen LogP contribution in [0, 0.1) is 6.92 Å². The molecule has 0 saturated heterocycles. The fraction of sp³-hybridized carbons (Fsp3) is 0.333. The summed E-state index contributed by atoms with van der Waals surface area (Å²) in [5, 5.41) is 2.08. The third-order valence-corrected chi connectivity index (χ3v) is 4.68. The first-order chi connectivity index (χ1) is 9.13. The number of hydrogen-bond donors (Lipinski definition) is 1. The first kappa shape index (κ1) is 14.6. The molecule has 1 atom stereocenters. The largest absolute Gasteiger partial charge is 0.492 e. The Hall–Kier alpha value is -0.840. The third-order valence-electron chi connectivity index (χ3n) is 2.96. The van der Waals surface area contributed by atoms with Crippen molar-refractivity contribution in [1.82, 2.24) is 0 Å². The van der Waals surface area contributed by atoms with Crippen LogP contribution in [0.1, 0.15) is 35.4 Å². The highest BCUT2D eigenvalue weighted by Crippen LogP contribution is 2.32. The Labute approximate surface area is 126 Å². The molecule has 1 unspecified atom stereocenters. The normalized spacial score (nSPS) is 12.4. The molecule has 2 nitrogen and oxygen atoms in total. The van der Waals surface area contributed by atoms with E-state index < -0.39 is 0 Å². The summed E-state index contributed by atoms with van der Waals surface area (Å²) in [7, 11) is 0. The molecule has 2 N–H and O–H groups in total. The second-order valence-corrected chi connectivity index (χ2v) is 6.29. The molecule has 1 aromatic heterocycles. The van der Waals surface area contributed by atoms with Gasteiger partial charge in [-0.05, 0) is 64.0 Å². The lowest BCUT2D eigenvalue weighted by Gasteiger charge is -2.14. The maximum Gasteiger partial charge on any atom is 0.133 e. The Kier molecular flexibility index (Phi) is 5.02. The zero-order valence-corrected chi connectivity index (χ0v) is 13.6. The van der Waals surface area contributed by atoms with Gasteiger partial charge >= 0.3 is 0 Å². The van der Waals surface area contributed by atoms with Gasteiger partial charge in [-0.25, -0.2) is 0 Å². The molecule has 2 aromatic rings. The van der Waals surface area contributed by atoms with Gasteiger partial charge in [-0.1, -0.05) is 13.0 Å². The maximum atomic E-state index is 6.33. The van der Waals surface area contributed by atoms with Crippen molar-refractivity contribution in [1.29, 1.82) is 0 Å². The molecule has 0 aliphatic heterocycles. The summed E-state index contributed by atoms with van der Waals surface area (Å²) < 4.78 is 6.61. The number of rotatable bonds is 5. The number of hydrogen-bond acceptors (Lipinski definition) is 3. The Bertz CT molecular complexity index is 553. The molecule has 0 spiro atoms. The van der Waals surface area contributed by atoms with E-state index in [9.17, 15) is 0 Å². The van der Waals surface area contributed by atoms with Gasteiger partial charge in [0.1, 0.15) is 5.75 Å². The molecule has 1 heterocycles. The van der Waals surface area contributed by atoms with E-state index in [-0.39, 0.29) is 6.04 Å². The first-order valence-corrected chi connectivity index (χ1v) is 8.02. The molecular weight excluding hydrogens is 322 g/mol. The molecule has 0 aliphatic carbocycles. The second-order valence-electron chi connectivity index (χ2n) is 4.48. The van der Waals surface area contributed by atoms with Crippen molar-refractivity contribution in [3.8, 4) is 5.75 Å². The lowest BCUT2D eigenvalue weighted by molar-refractivity contribution is 0.315.